The van der Waals surface area contributed by atoms with Gasteiger partial charge in [0.1, 0.15) is 10.6 Å². The lowest BCUT2D eigenvalue weighted by Crippen LogP contribution is -2.05. The van der Waals surface area contributed by atoms with E-state index in [-0.39, 0.29) is 5.82 Å². The summed E-state index contributed by atoms with van der Waals surface area (Å²) in [4.78, 5) is 13.9. The number of hydrogen-bond donors (Lipinski definition) is 0. The molecule has 0 bridgehead atoms. The predicted molar refractivity (Wildman–Crippen MR) is 108 cm³/mol. The Kier molecular flexibility index (Phi) is 3.99. The van der Waals surface area contributed by atoms with Crippen LogP contribution in [-0.2, 0) is 0 Å². The summed E-state index contributed by atoms with van der Waals surface area (Å²) in [6.07, 6.45) is 0. The zero-order valence-corrected chi connectivity index (χ0v) is 16.6. The zero-order valence-electron chi connectivity index (χ0n) is 14.9. The van der Waals surface area contributed by atoms with E-state index < -0.39 is 0 Å². The van der Waals surface area contributed by atoms with Gasteiger partial charge in [0.15, 0.2) is 11.6 Å². The van der Waals surface area contributed by atoms with Crippen LogP contribution in [0.1, 0.15) is 10.4 Å². The normalized spacial score (nSPS) is 11.4. The molecule has 4 aromatic heterocycles. The molecule has 0 unspecified atom stereocenters. The van der Waals surface area contributed by atoms with Gasteiger partial charge in [0.2, 0.25) is 5.82 Å². The van der Waals surface area contributed by atoms with Crippen LogP contribution >= 0.6 is 22.7 Å². The number of hydrogen-bond acceptors (Lipinski definition) is 7. The van der Waals surface area contributed by atoms with E-state index in [1.165, 1.54) is 21.8 Å². The molecule has 5 rings (SSSR count). The molecule has 0 aliphatic rings. The van der Waals surface area contributed by atoms with E-state index in [2.05, 4.69) is 22.3 Å². The highest BCUT2D eigenvalue weighted by Gasteiger charge is 2.19. The summed E-state index contributed by atoms with van der Waals surface area (Å²) < 4.78 is 13.6. The van der Waals surface area contributed by atoms with Gasteiger partial charge in [0, 0.05) is 10.4 Å². The van der Waals surface area contributed by atoms with E-state index in [9.17, 15) is 4.39 Å². The van der Waals surface area contributed by atoms with Gasteiger partial charge in [-0.2, -0.15) is 0 Å². The van der Waals surface area contributed by atoms with Crippen molar-refractivity contribution in [1.29, 1.82) is 0 Å². The maximum absolute atomic E-state index is 13.6. The monoisotopic (exact) mass is 408 g/mol. The molecule has 0 atom stereocenters. The highest BCUT2D eigenvalue weighted by molar-refractivity contribution is 7.19. The minimum Gasteiger partial charge on any atom is -0.216 e. The number of aryl methyl sites for hydroxylation is 2. The van der Waals surface area contributed by atoms with Crippen LogP contribution in [0.2, 0.25) is 0 Å². The third-order valence-corrected chi connectivity index (χ3v) is 6.40. The summed E-state index contributed by atoms with van der Waals surface area (Å²) in [5.41, 5.74) is 1.66. The van der Waals surface area contributed by atoms with E-state index in [0.29, 0.717) is 23.0 Å². The number of tetrazole rings is 1. The number of rotatable bonds is 3. The lowest BCUT2D eigenvalue weighted by Gasteiger charge is -2.04. The van der Waals surface area contributed by atoms with Crippen molar-refractivity contribution in [3.8, 4) is 27.9 Å². The number of halogens is 1. The van der Waals surface area contributed by atoms with Crippen molar-refractivity contribution in [3.05, 3.63) is 58.0 Å². The summed E-state index contributed by atoms with van der Waals surface area (Å²) in [6.45, 7) is 4.10. The smallest absolute Gasteiger partial charge is 0.205 e. The first-order valence-electron chi connectivity index (χ1n) is 8.48. The van der Waals surface area contributed by atoms with E-state index >= 15 is 0 Å². The maximum Gasteiger partial charge on any atom is 0.205 e. The molecular formula is C19H13FN6S2. The first kappa shape index (κ1) is 17.1. The topological polar surface area (TPSA) is 69.4 Å². The Morgan fingerprint density at radius 3 is 2.71 bits per heavy atom. The summed E-state index contributed by atoms with van der Waals surface area (Å²) in [5, 5.41) is 15.6. The van der Waals surface area contributed by atoms with Crippen LogP contribution < -0.4 is 0 Å². The summed E-state index contributed by atoms with van der Waals surface area (Å²) in [5.74, 6) is 1.20. The van der Waals surface area contributed by atoms with Crippen LogP contribution in [0.4, 0.5) is 4.39 Å². The average Bonchev–Trinajstić information content (AvgIpc) is 3.43. The predicted octanol–water partition coefficient (Wildman–Crippen LogP) is 4.82. The lowest BCUT2D eigenvalue weighted by atomic mass is 10.2. The number of nitrogens with zero attached hydrogens (tertiary/aromatic N) is 6. The van der Waals surface area contributed by atoms with Crippen molar-refractivity contribution < 1.29 is 4.39 Å². The van der Waals surface area contributed by atoms with Crippen LogP contribution in [0.15, 0.2) is 41.8 Å². The quantitative estimate of drug-likeness (QED) is 0.428. The molecule has 28 heavy (non-hydrogen) atoms. The highest BCUT2D eigenvalue weighted by Crippen LogP contribution is 2.34. The van der Waals surface area contributed by atoms with Crippen molar-refractivity contribution in [2.75, 3.05) is 0 Å². The molecule has 138 valence electrons. The molecule has 0 spiro atoms. The van der Waals surface area contributed by atoms with E-state index in [0.717, 1.165) is 20.7 Å². The largest absolute Gasteiger partial charge is 0.216 e. The second-order valence-corrected chi connectivity index (χ2v) is 8.38. The first-order chi connectivity index (χ1) is 13.6. The minimum absolute atomic E-state index is 0.341. The summed E-state index contributed by atoms with van der Waals surface area (Å²) >= 11 is 3.19. The van der Waals surface area contributed by atoms with Crippen molar-refractivity contribution in [2.45, 2.75) is 13.8 Å². The molecule has 0 fully saturated rings. The van der Waals surface area contributed by atoms with Gasteiger partial charge in [-0.1, -0.05) is 18.2 Å². The van der Waals surface area contributed by atoms with Crippen molar-refractivity contribution in [1.82, 2.24) is 30.2 Å². The van der Waals surface area contributed by atoms with Gasteiger partial charge < -0.3 is 0 Å². The summed E-state index contributed by atoms with van der Waals surface area (Å²) in [7, 11) is 0. The Balaban J connectivity index is 1.72. The molecule has 0 amide bonds. The molecule has 0 saturated heterocycles. The second kappa shape index (κ2) is 6.54. The van der Waals surface area contributed by atoms with Crippen LogP contribution in [0, 0.1) is 19.7 Å². The van der Waals surface area contributed by atoms with E-state index in [1.54, 1.807) is 34.8 Å². The molecule has 9 heteroatoms. The Morgan fingerprint density at radius 1 is 1.04 bits per heavy atom. The first-order valence-corrected chi connectivity index (χ1v) is 10.2. The molecule has 0 radical (unpaired) electrons. The Labute approximate surface area is 167 Å². The van der Waals surface area contributed by atoms with Gasteiger partial charge in [0.05, 0.1) is 10.3 Å². The molecule has 4 heterocycles. The molecule has 0 aliphatic carbocycles. The van der Waals surface area contributed by atoms with Crippen LogP contribution in [0.5, 0.6) is 0 Å². The Bertz CT molecular complexity index is 1310. The number of fused-ring (bicyclic) bond motifs is 1. The van der Waals surface area contributed by atoms with Gasteiger partial charge in [-0.3, -0.25) is 0 Å². The van der Waals surface area contributed by atoms with Crippen LogP contribution in [-0.4, -0.2) is 30.2 Å². The fourth-order valence-corrected chi connectivity index (χ4v) is 4.62. The number of aromatic nitrogens is 6. The van der Waals surface area contributed by atoms with E-state index in [1.807, 2.05) is 24.4 Å². The van der Waals surface area contributed by atoms with Gasteiger partial charge in [-0.15, -0.1) is 37.7 Å². The Morgan fingerprint density at radius 2 is 1.93 bits per heavy atom. The van der Waals surface area contributed by atoms with Crippen molar-refractivity contribution in [2.24, 2.45) is 0 Å². The van der Waals surface area contributed by atoms with Crippen molar-refractivity contribution in [3.63, 3.8) is 0 Å². The molecular weight excluding hydrogens is 395 g/mol. The fraction of sp³-hybridized carbons (Fsp3) is 0.105. The van der Waals surface area contributed by atoms with Gasteiger partial charge in [0.25, 0.3) is 0 Å². The average molecular weight is 408 g/mol. The van der Waals surface area contributed by atoms with Gasteiger partial charge >= 0.3 is 0 Å². The van der Waals surface area contributed by atoms with Gasteiger partial charge in [-0.25, -0.2) is 14.4 Å². The fourth-order valence-electron chi connectivity index (χ4n) is 2.94. The summed E-state index contributed by atoms with van der Waals surface area (Å²) in [6, 6.07) is 10.1. The zero-order chi connectivity index (χ0) is 19.3. The number of thiophene rings is 2. The third kappa shape index (κ3) is 2.79. The van der Waals surface area contributed by atoms with Crippen molar-refractivity contribution >= 4 is 32.9 Å². The molecule has 0 saturated carbocycles. The lowest BCUT2D eigenvalue weighted by molar-refractivity contribution is 0.628. The van der Waals surface area contributed by atoms with Gasteiger partial charge in [-0.05, 0) is 48.2 Å². The van der Waals surface area contributed by atoms with Crippen LogP contribution in [0.3, 0.4) is 0 Å². The Hall–Kier alpha value is -3.04. The molecule has 5 aromatic rings. The molecule has 0 N–H and O–H groups in total. The molecule has 0 aliphatic heterocycles. The van der Waals surface area contributed by atoms with E-state index in [4.69, 9.17) is 9.97 Å². The second-order valence-electron chi connectivity index (χ2n) is 6.22. The third-order valence-electron chi connectivity index (χ3n) is 4.44. The van der Waals surface area contributed by atoms with Crippen LogP contribution in [0.25, 0.3) is 38.1 Å². The highest BCUT2D eigenvalue weighted by atomic mass is 32.1. The standard InChI is InChI=1S/C19H13FN6S2/c1-10-11(2)28-19-15(10)18(21-17(22-19)14-7-4-8-27-14)26-24-16(23-25-26)12-5-3-6-13(20)9-12/h3-9H,1-2H3. The SMILES string of the molecule is Cc1sc2nc(-c3cccs3)nc(-n3nnc(-c4cccc(F)c4)n3)c2c1C. The maximum atomic E-state index is 13.6. The number of benzene rings is 1. The molecule has 6 nitrogen and oxygen atoms in total. The molecule has 1 aromatic carbocycles. The minimum atomic E-state index is -0.345.